The van der Waals surface area contributed by atoms with Crippen LogP contribution in [0.2, 0.25) is 0 Å². The summed E-state index contributed by atoms with van der Waals surface area (Å²) in [6, 6.07) is 18.2. The molecule has 0 aliphatic rings. The van der Waals surface area contributed by atoms with Crippen LogP contribution in [0.3, 0.4) is 0 Å². The second-order valence-electron chi connectivity index (χ2n) is 11.8. The molecule has 1 N–H and O–H groups in total. The van der Waals surface area contributed by atoms with E-state index in [0.29, 0.717) is 17.7 Å². The Hall–Kier alpha value is -4.64. The van der Waals surface area contributed by atoms with Gasteiger partial charge in [0, 0.05) is 58.1 Å². The molecule has 47 heavy (non-hydrogen) atoms. The molecule has 0 heterocycles. The summed E-state index contributed by atoms with van der Waals surface area (Å²) in [5.74, 6) is -3.38. The highest BCUT2D eigenvalue weighted by Crippen LogP contribution is 2.27. The molecule has 0 aliphatic carbocycles. The summed E-state index contributed by atoms with van der Waals surface area (Å²) in [4.78, 5) is 47.3. The molecule has 2 atom stereocenters. The fourth-order valence-electron chi connectivity index (χ4n) is 5.43. The van der Waals surface area contributed by atoms with Crippen LogP contribution >= 0.6 is 0 Å². The first-order chi connectivity index (χ1) is 22.4. The zero-order valence-electron chi connectivity index (χ0n) is 28.2. The van der Waals surface area contributed by atoms with Gasteiger partial charge in [-0.05, 0) is 62.2 Å². The van der Waals surface area contributed by atoms with Gasteiger partial charge in [-0.25, -0.2) is 23.6 Å². The largest absolute Gasteiger partial charge is 0.377 e. The molecule has 11 heteroatoms. The third-order valence-electron chi connectivity index (χ3n) is 8.08. The molecule has 3 rings (SSSR count). The highest BCUT2D eigenvalue weighted by Gasteiger charge is 2.32. The van der Waals surface area contributed by atoms with Crippen molar-refractivity contribution in [3.63, 3.8) is 0 Å². The maximum Gasteiger partial charge on any atom is 0.332 e. The fourth-order valence-corrected chi connectivity index (χ4v) is 5.43. The van der Waals surface area contributed by atoms with E-state index < -0.39 is 35.5 Å². The monoisotopic (exact) mass is 648 g/mol. The maximum atomic E-state index is 14.6. The lowest BCUT2D eigenvalue weighted by atomic mass is 9.99. The Bertz CT molecular complexity index is 1530. The minimum atomic E-state index is -1.02. The number of carbonyl (C=O) groups is 3. The van der Waals surface area contributed by atoms with E-state index in [1.807, 2.05) is 68.4 Å². The van der Waals surface area contributed by atoms with E-state index in [1.165, 1.54) is 5.01 Å². The number of halogens is 2. The number of aryl methyl sites for hydroxylation is 1. The van der Waals surface area contributed by atoms with Crippen LogP contribution in [-0.4, -0.2) is 79.3 Å². The molecule has 252 valence electrons. The Morgan fingerprint density at radius 2 is 1.57 bits per heavy atom. The Morgan fingerprint density at radius 1 is 0.936 bits per heavy atom. The van der Waals surface area contributed by atoms with E-state index in [0.717, 1.165) is 28.8 Å². The van der Waals surface area contributed by atoms with Gasteiger partial charge in [0.2, 0.25) is 5.91 Å². The molecule has 0 radical (unpaired) electrons. The summed E-state index contributed by atoms with van der Waals surface area (Å²) in [5.41, 5.74) is 3.61. The number of hydrogen-bond donors (Lipinski definition) is 1. The van der Waals surface area contributed by atoms with E-state index in [4.69, 9.17) is 0 Å². The van der Waals surface area contributed by atoms with E-state index in [9.17, 15) is 23.2 Å². The first kappa shape index (κ1) is 36.8. The predicted molar refractivity (Wildman–Crippen MR) is 182 cm³/mol. The zero-order valence-corrected chi connectivity index (χ0v) is 28.2. The van der Waals surface area contributed by atoms with Crippen molar-refractivity contribution < 1.29 is 23.2 Å². The number of hydrazine groups is 1. The van der Waals surface area contributed by atoms with Crippen molar-refractivity contribution in [3.05, 3.63) is 101 Å². The van der Waals surface area contributed by atoms with Crippen LogP contribution in [0.15, 0.2) is 71.7 Å². The van der Waals surface area contributed by atoms with Crippen LogP contribution in [0.4, 0.5) is 19.3 Å². The van der Waals surface area contributed by atoms with Crippen LogP contribution in [-0.2, 0) is 22.7 Å². The molecule has 3 aromatic carbocycles. The Kier molecular flexibility index (Phi) is 13.6. The number of nitrogens with zero attached hydrogens (tertiary/aromatic N) is 5. The summed E-state index contributed by atoms with van der Waals surface area (Å²) in [6.45, 7) is 11.2. The summed E-state index contributed by atoms with van der Waals surface area (Å²) in [7, 11) is 3.43. The van der Waals surface area contributed by atoms with Gasteiger partial charge in [0.05, 0.1) is 12.5 Å². The topological polar surface area (TPSA) is 88.6 Å². The molecule has 3 aromatic rings. The van der Waals surface area contributed by atoms with Crippen molar-refractivity contribution in [1.82, 2.24) is 20.2 Å². The van der Waals surface area contributed by atoms with Crippen molar-refractivity contribution in [2.24, 2.45) is 4.99 Å². The number of anilines is 1. The van der Waals surface area contributed by atoms with E-state index >= 15 is 0 Å². The fraction of sp³-hybridized carbons (Fsp3) is 0.389. The molecular formula is C36H46F2N6O3. The first-order valence-corrected chi connectivity index (χ1v) is 15.7. The predicted octanol–water partition coefficient (Wildman–Crippen LogP) is 5.93. The summed E-state index contributed by atoms with van der Waals surface area (Å²) in [6.07, 6.45) is 0.589. The van der Waals surface area contributed by atoms with Crippen molar-refractivity contribution in [1.29, 1.82) is 0 Å². The minimum Gasteiger partial charge on any atom is -0.377 e. The number of urea groups is 1. The Balaban J connectivity index is 2.00. The lowest BCUT2D eigenvalue weighted by Crippen LogP contribution is -2.58. The molecule has 0 saturated heterocycles. The summed E-state index contributed by atoms with van der Waals surface area (Å²) >= 11 is 0. The summed E-state index contributed by atoms with van der Waals surface area (Å²) < 4.78 is 28.8. The smallest absolute Gasteiger partial charge is 0.332 e. The van der Waals surface area contributed by atoms with Crippen LogP contribution in [0, 0.1) is 18.6 Å². The molecule has 0 spiro atoms. The minimum absolute atomic E-state index is 0.0419. The van der Waals surface area contributed by atoms with Crippen LogP contribution in [0.1, 0.15) is 55.4 Å². The molecule has 0 aliphatic heterocycles. The van der Waals surface area contributed by atoms with Crippen LogP contribution in [0.25, 0.3) is 0 Å². The van der Waals surface area contributed by atoms with Gasteiger partial charge in [0.1, 0.15) is 0 Å². The van der Waals surface area contributed by atoms with Gasteiger partial charge in [0.25, 0.3) is 5.91 Å². The maximum absolute atomic E-state index is 14.6. The number of hydrogen-bond acceptors (Lipinski definition) is 5. The van der Waals surface area contributed by atoms with Crippen molar-refractivity contribution in [2.75, 3.05) is 38.6 Å². The summed E-state index contributed by atoms with van der Waals surface area (Å²) in [5, 5.41) is 6.03. The standard InChI is InChI=1S/C36H46F2N6O3/c1-8-18-43(36(47)40-21-29-17-13-12-14-25(29)2)44(24-34(45)39-5)26(3)22-42(35(46)27(4)28-15-10-9-11-16-28)23-30-19-31(37)32(38)20-33(30)41(6)7/h9-17,19-20,26-27H,5,8,18,21-24H2,1-4,6-7H3,(H,40,47)/t26-,27+/m1/s1. The van der Waals surface area contributed by atoms with Gasteiger partial charge in [0.15, 0.2) is 11.6 Å². The Labute approximate surface area is 276 Å². The highest BCUT2D eigenvalue weighted by molar-refractivity contribution is 5.84. The number of carbonyl (C=O) groups excluding carboxylic acids is 3. The quantitative estimate of drug-likeness (QED) is 0.163. The van der Waals surface area contributed by atoms with Gasteiger partial charge >= 0.3 is 6.03 Å². The van der Waals surface area contributed by atoms with E-state index in [1.54, 1.807) is 42.8 Å². The molecule has 0 aromatic heterocycles. The molecule has 0 unspecified atom stereocenters. The second-order valence-corrected chi connectivity index (χ2v) is 11.8. The van der Waals surface area contributed by atoms with Crippen LogP contribution < -0.4 is 10.2 Å². The second kappa shape index (κ2) is 17.3. The average molecular weight is 649 g/mol. The average Bonchev–Trinajstić information content (AvgIpc) is 3.06. The number of benzene rings is 3. The molecular weight excluding hydrogens is 602 g/mol. The molecule has 0 saturated carbocycles. The number of aliphatic imine (C=N–C) groups is 1. The third kappa shape index (κ3) is 9.92. The van der Waals surface area contributed by atoms with Crippen LogP contribution in [0.5, 0.6) is 0 Å². The van der Waals surface area contributed by atoms with Gasteiger partial charge in [-0.2, -0.15) is 0 Å². The van der Waals surface area contributed by atoms with Gasteiger partial charge in [-0.15, -0.1) is 0 Å². The Morgan fingerprint density at radius 3 is 2.19 bits per heavy atom. The normalized spacial score (nSPS) is 12.3. The van der Waals surface area contributed by atoms with Crippen molar-refractivity contribution in [3.8, 4) is 0 Å². The molecule has 9 nitrogen and oxygen atoms in total. The van der Waals surface area contributed by atoms with Crippen molar-refractivity contribution >= 4 is 30.3 Å². The molecule has 0 fully saturated rings. The SMILES string of the molecule is C=NC(=O)CN([C@H](C)CN(Cc1cc(F)c(F)cc1N(C)C)C(=O)[C@@H](C)c1ccccc1)N(CCC)C(=O)NCc1ccccc1C. The molecule has 4 amide bonds. The van der Waals surface area contributed by atoms with Gasteiger partial charge < -0.3 is 15.1 Å². The highest BCUT2D eigenvalue weighted by atomic mass is 19.2. The molecule has 0 bridgehead atoms. The number of rotatable bonds is 15. The van der Waals surface area contributed by atoms with E-state index in [-0.39, 0.29) is 38.6 Å². The first-order valence-electron chi connectivity index (χ1n) is 15.7. The lowest BCUT2D eigenvalue weighted by Gasteiger charge is -2.40. The number of amides is 4. The third-order valence-corrected chi connectivity index (χ3v) is 8.08. The van der Waals surface area contributed by atoms with Gasteiger partial charge in [-0.3, -0.25) is 14.6 Å². The lowest BCUT2D eigenvalue weighted by molar-refractivity contribution is -0.135. The zero-order chi connectivity index (χ0) is 34.7. The number of nitrogens with one attached hydrogen (secondary N) is 1. The van der Waals surface area contributed by atoms with Crippen molar-refractivity contribution in [2.45, 2.75) is 59.2 Å². The van der Waals surface area contributed by atoms with E-state index in [2.05, 4.69) is 17.0 Å². The van der Waals surface area contributed by atoms with Gasteiger partial charge in [-0.1, -0.05) is 61.5 Å².